The van der Waals surface area contributed by atoms with Gasteiger partial charge < -0.3 is 14.5 Å². The number of rotatable bonds is 1. The van der Waals surface area contributed by atoms with Gasteiger partial charge in [0.15, 0.2) is 12.0 Å². The summed E-state index contributed by atoms with van der Waals surface area (Å²) in [6, 6.07) is 1.53. The van der Waals surface area contributed by atoms with Crippen molar-refractivity contribution in [2.45, 2.75) is 0 Å². The second kappa shape index (κ2) is 1.88. The number of aromatic nitrogens is 1. The van der Waals surface area contributed by atoms with Crippen LogP contribution < -0.4 is 0 Å². The van der Waals surface area contributed by atoms with E-state index in [0.29, 0.717) is 23.1 Å². The first kappa shape index (κ1) is 6.03. The minimum atomic E-state index is 0.0457. The van der Waals surface area contributed by atoms with E-state index in [1.807, 2.05) is 0 Å². The number of fused-ring (bicyclic) bond motifs is 1. The molecule has 56 valence electrons. The summed E-state index contributed by atoms with van der Waals surface area (Å²) in [6.07, 6.45) is 1.88. The van der Waals surface area contributed by atoms with Gasteiger partial charge in [-0.2, -0.15) is 0 Å². The van der Waals surface area contributed by atoms with E-state index in [1.165, 1.54) is 12.3 Å². The molecule has 4 nitrogen and oxygen atoms in total. The number of furan rings is 1. The van der Waals surface area contributed by atoms with E-state index in [1.54, 1.807) is 0 Å². The predicted octanol–water partition coefficient (Wildman–Crippen LogP) is 1.28. The van der Waals surface area contributed by atoms with Crippen LogP contribution in [0.25, 0.3) is 11.1 Å². The third-order valence-corrected chi connectivity index (χ3v) is 1.49. The van der Waals surface area contributed by atoms with Gasteiger partial charge in [-0.3, -0.25) is 4.79 Å². The molecule has 0 saturated carbocycles. The van der Waals surface area contributed by atoms with Crippen LogP contribution in [-0.4, -0.2) is 16.4 Å². The standard InChI is InChI=1S/C7H5NO3/c9-2-4-1-5-6(10)3-11-7(5)8-4/h1-3,8,10H. The summed E-state index contributed by atoms with van der Waals surface area (Å²) >= 11 is 0. The average molecular weight is 151 g/mol. The van der Waals surface area contributed by atoms with Gasteiger partial charge in [-0.15, -0.1) is 0 Å². The molecule has 0 aliphatic rings. The van der Waals surface area contributed by atoms with Crippen LogP contribution in [0.5, 0.6) is 5.75 Å². The van der Waals surface area contributed by atoms with Gasteiger partial charge in [-0.25, -0.2) is 0 Å². The lowest BCUT2D eigenvalue weighted by Gasteiger charge is -1.76. The second-order valence-corrected chi connectivity index (χ2v) is 2.21. The second-order valence-electron chi connectivity index (χ2n) is 2.21. The van der Waals surface area contributed by atoms with Gasteiger partial charge in [0, 0.05) is 0 Å². The van der Waals surface area contributed by atoms with Crippen LogP contribution in [0.3, 0.4) is 0 Å². The number of nitrogens with one attached hydrogen (secondary N) is 1. The molecule has 0 aromatic carbocycles. The summed E-state index contributed by atoms with van der Waals surface area (Å²) in [7, 11) is 0. The Morgan fingerprint density at radius 3 is 3.09 bits per heavy atom. The molecule has 0 unspecified atom stereocenters. The number of aldehydes is 1. The maximum absolute atomic E-state index is 10.2. The first-order chi connectivity index (χ1) is 5.31. The molecule has 0 bridgehead atoms. The monoisotopic (exact) mass is 151 g/mol. The maximum atomic E-state index is 10.2. The molecule has 0 saturated heterocycles. The fourth-order valence-electron chi connectivity index (χ4n) is 0.980. The number of carbonyl (C=O) groups is 1. The average Bonchev–Trinajstić information content (AvgIpc) is 2.53. The zero-order valence-electron chi connectivity index (χ0n) is 5.50. The van der Waals surface area contributed by atoms with Crippen molar-refractivity contribution in [3.8, 4) is 5.75 Å². The fraction of sp³-hybridized carbons (Fsp3) is 0. The van der Waals surface area contributed by atoms with E-state index in [2.05, 4.69) is 4.98 Å². The molecule has 11 heavy (non-hydrogen) atoms. The van der Waals surface area contributed by atoms with E-state index in [9.17, 15) is 4.79 Å². The molecule has 2 aromatic heterocycles. The fourth-order valence-corrected chi connectivity index (χ4v) is 0.980. The maximum Gasteiger partial charge on any atom is 0.208 e. The van der Waals surface area contributed by atoms with Gasteiger partial charge >= 0.3 is 0 Å². The van der Waals surface area contributed by atoms with Crippen LogP contribution in [0.4, 0.5) is 0 Å². The lowest BCUT2D eigenvalue weighted by atomic mass is 10.3. The van der Waals surface area contributed by atoms with Crippen molar-refractivity contribution < 1.29 is 14.3 Å². The van der Waals surface area contributed by atoms with E-state index in [-0.39, 0.29) is 5.75 Å². The number of hydrogen-bond acceptors (Lipinski definition) is 3. The third-order valence-electron chi connectivity index (χ3n) is 1.49. The molecule has 2 aromatic rings. The minimum absolute atomic E-state index is 0.0457. The Balaban J connectivity index is 2.79. The predicted molar refractivity (Wildman–Crippen MR) is 37.6 cm³/mol. The molecule has 0 fully saturated rings. The molecular weight excluding hydrogens is 146 g/mol. The number of aromatic amines is 1. The van der Waals surface area contributed by atoms with Crippen LogP contribution in [0.15, 0.2) is 16.7 Å². The van der Waals surface area contributed by atoms with Crippen LogP contribution in [-0.2, 0) is 0 Å². The largest absolute Gasteiger partial charge is 0.504 e. The topological polar surface area (TPSA) is 66.2 Å². The zero-order chi connectivity index (χ0) is 7.84. The normalized spacial score (nSPS) is 10.5. The molecule has 2 N–H and O–H groups in total. The highest BCUT2D eigenvalue weighted by Crippen LogP contribution is 2.26. The molecule has 2 heterocycles. The summed E-state index contributed by atoms with van der Waals surface area (Å²) in [5.41, 5.74) is 0.819. The van der Waals surface area contributed by atoms with Crippen LogP contribution in [0.1, 0.15) is 10.5 Å². The first-order valence-electron chi connectivity index (χ1n) is 3.05. The van der Waals surface area contributed by atoms with Gasteiger partial charge in [0.25, 0.3) is 0 Å². The molecular formula is C7H5NO3. The third kappa shape index (κ3) is 0.724. The van der Waals surface area contributed by atoms with Crippen LogP contribution in [0, 0.1) is 0 Å². The van der Waals surface area contributed by atoms with Crippen molar-refractivity contribution in [2.75, 3.05) is 0 Å². The Bertz CT molecular complexity index is 399. The molecule has 0 aliphatic heterocycles. The van der Waals surface area contributed by atoms with E-state index >= 15 is 0 Å². The highest BCUT2D eigenvalue weighted by atomic mass is 16.4. The summed E-state index contributed by atoms with van der Waals surface area (Å²) in [6.45, 7) is 0. The van der Waals surface area contributed by atoms with Gasteiger partial charge in [0.2, 0.25) is 5.71 Å². The Morgan fingerprint density at radius 1 is 1.64 bits per heavy atom. The van der Waals surface area contributed by atoms with Gasteiger partial charge in [0.05, 0.1) is 11.1 Å². The van der Waals surface area contributed by atoms with E-state index < -0.39 is 0 Å². The molecule has 0 radical (unpaired) electrons. The van der Waals surface area contributed by atoms with Crippen molar-refractivity contribution in [3.63, 3.8) is 0 Å². The zero-order valence-corrected chi connectivity index (χ0v) is 5.50. The van der Waals surface area contributed by atoms with Crippen LogP contribution in [0.2, 0.25) is 0 Å². The number of H-pyrrole nitrogens is 1. The highest BCUT2D eigenvalue weighted by Gasteiger charge is 2.07. The summed E-state index contributed by atoms with van der Waals surface area (Å²) in [4.78, 5) is 12.9. The Kier molecular flexibility index (Phi) is 1.03. The smallest absolute Gasteiger partial charge is 0.208 e. The van der Waals surface area contributed by atoms with E-state index in [0.717, 1.165) is 0 Å². The molecule has 0 amide bonds. The SMILES string of the molecule is O=Cc1cc2c(O)coc2[nH]1. The minimum Gasteiger partial charge on any atom is -0.504 e. The number of hydrogen-bond donors (Lipinski definition) is 2. The van der Waals surface area contributed by atoms with E-state index in [4.69, 9.17) is 9.52 Å². The first-order valence-corrected chi connectivity index (χ1v) is 3.05. The van der Waals surface area contributed by atoms with Crippen LogP contribution >= 0.6 is 0 Å². The van der Waals surface area contributed by atoms with Gasteiger partial charge in [-0.1, -0.05) is 0 Å². The van der Waals surface area contributed by atoms with Crippen molar-refractivity contribution in [2.24, 2.45) is 0 Å². The van der Waals surface area contributed by atoms with Crippen molar-refractivity contribution >= 4 is 17.4 Å². The van der Waals surface area contributed by atoms with Crippen molar-refractivity contribution in [1.82, 2.24) is 4.98 Å². The van der Waals surface area contributed by atoms with Crippen molar-refractivity contribution in [1.29, 1.82) is 0 Å². The molecule has 0 spiro atoms. The summed E-state index contributed by atoms with van der Waals surface area (Å²) in [5.74, 6) is 0.0457. The quantitative estimate of drug-likeness (QED) is 0.603. The molecule has 2 rings (SSSR count). The molecule has 0 aliphatic carbocycles. The van der Waals surface area contributed by atoms with Crippen molar-refractivity contribution in [3.05, 3.63) is 18.0 Å². The molecule has 0 atom stereocenters. The Labute approximate surface area is 61.4 Å². The number of aromatic hydroxyl groups is 1. The molecule has 4 heteroatoms. The summed E-state index contributed by atoms with van der Waals surface area (Å²) in [5, 5.41) is 9.62. The Morgan fingerprint density at radius 2 is 2.45 bits per heavy atom. The highest BCUT2D eigenvalue weighted by molar-refractivity contribution is 5.88. The lowest BCUT2D eigenvalue weighted by molar-refractivity contribution is 0.111. The summed E-state index contributed by atoms with van der Waals surface area (Å²) < 4.78 is 4.87. The Hall–Kier alpha value is -1.71. The van der Waals surface area contributed by atoms with Gasteiger partial charge in [0.1, 0.15) is 6.26 Å². The van der Waals surface area contributed by atoms with Gasteiger partial charge in [-0.05, 0) is 6.07 Å². The lowest BCUT2D eigenvalue weighted by Crippen LogP contribution is -1.74. The number of carbonyl (C=O) groups excluding carboxylic acids is 1.